The molecule has 2 heterocycles. The van der Waals surface area contributed by atoms with Gasteiger partial charge in [0, 0.05) is 30.2 Å². The molecule has 1 aromatic heterocycles. The molecule has 1 N–H and O–H groups in total. The Morgan fingerprint density at radius 2 is 2.36 bits per heavy atom. The molecule has 0 aliphatic carbocycles. The summed E-state index contributed by atoms with van der Waals surface area (Å²) in [6.07, 6.45) is 5.53. The third kappa shape index (κ3) is 5.41. The molecule has 6 heteroatoms. The first kappa shape index (κ1) is 17.6. The smallest absolute Gasteiger partial charge is 0.244 e. The normalized spacial score (nSPS) is 17.1. The summed E-state index contributed by atoms with van der Waals surface area (Å²) in [5, 5.41) is 5.89. The molecule has 132 valence electrons. The SMILES string of the molecule is Cc1nc(COc2ccccc2C=CC(=O)NCC2CCCO2)cs1. The van der Waals surface area contributed by atoms with Crippen molar-refractivity contribution in [2.24, 2.45) is 0 Å². The highest BCUT2D eigenvalue weighted by molar-refractivity contribution is 7.09. The van der Waals surface area contributed by atoms with E-state index in [1.165, 1.54) is 6.08 Å². The molecule has 0 spiro atoms. The Morgan fingerprint density at radius 3 is 3.12 bits per heavy atom. The molecule has 1 saturated heterocycles. The first-order chi connectivity index (χ1) is 12.2. The van der Waals surface area contributed by atoms with Crippen molar-refractivity contribution in [3.63, 3.8) is 0 Å². The van der Waals surface area contributed by atoms with Gasteiger partial charge in [-0.3, -0.25) is 4.79 Å². The molecular formula is C19H22N2O3S. The first-order valence-corrected chi connectivity index (χ1v) is 9.29. The predicted molar refractivity (Wildman–Crippen MR) is 98.6 cm³/mol. The number of carbonyl (C=O) groups is 1. The summed E-state index contributed by atoms with van der Waals surface area (Å²) in [4.78, 5) is 16.4. The van der Waals surface area contributed by atoms with Crippen LogP contribution in [0.2, 0.25) is 0 Å². The second kappa shape index (κ2) is 8.78. The van der Waals surface area contributed by atoms with Gasteiger partial charge in [0.1, 0.15) is 12.4 Å². The molecule has 25 heavy (non-hydrogen) atoms. The van der Waals surface area contributed by atoms with Gasteiger partial charge in [-0.05, 0) is 31.9 Å². The van der Waals surface area contributed by atoms with Gasteiger partial charge in [-0.15, -0.1) is 11.3 Å². The van der Waals surface area contributed by atoms with Crippen LogP contribution in [-0.4, -0.2) is 30.1 Å². The molecule has 0 saturated carbocycles. The zero-order valence-electron chi connectivity index (χ0n) is 14.2. The lowest BCUT2D eigenvalue weighted by atomic mass is 10.2. The molecule has 2 aromatic rings. The maximum Gasteiger partial charge on any atom is 0.244 e. The largest absolute Gasteiger partial charge is 0.487 e. The van der Waals surface area contributed by atoms with Gasteiger partial charge < -0.3 is 14.8 Å². The number of aromatic nitrogens is 1. The van der Waals surface area contributed by atoms with Gasteiger partial charge in [0.05, 0.1) is 16.8 Å². The maximum atomic E-state index is 12.0. The van der Waals surface area contributed by atoms with Crippen molar-refractivity contribution in [2.75, 3.05) is 13.2 Å². The molecular weight excluding hydrogens is 336 g/mol. The second-order valence-corrected chi connectivity index (χ2v) is 6.96. The standard InChI is InChI=1S/C19H22N2O3S/c1-14-21-16(13-25-14)12-24-18-7-3-2-5-15(18)8-9-19(22)20-11-17-6-4-10-23-17/h2-3,5,7-9,13,17H,4,6,10-12H2,1H3,(H,20,22). The van der Waals surface area contributed by atoms with E-state index >= 15 is 0 Å². The minimum absolute atomic E-state index is 0.125. The van der Waals surface area contributed by atoms with Gasteiger partial charge in [0.25, 0.3) is 0 Å². The van der Waals surface area contributed by atoms with Crippen molar-refractivity contribution in [2.45, 2.75) is 32.5 Å². The van der Waals surface area contributed by atoms with Crippen LogP contribution >= 0.6 is 11.3 Å². The van der Waals surface area contributed by atoms with Crippen molar-refractivity contribution >= 4 is 23.3 Å². The number of ether oxygens (including phenoxy) is 2. The van der Waals surface area contributed by atoms with Gasteiger partial charge in [0.2, 0.25) is 5.91 Å². The van der Waals surface area contributed by atoms with Crippen molar-refractivity contribution < 1.29 is 14.3 Å². The van der Waals surface area contributed by atoms with Crippen LogP contribution in [-0.2, 0) is 16.1 Å². The van der Waals surface area contributed by atoms with E-state index in [4.69, 9.17) is 9.47 Å². The fourth-order valence-electron chi connectivity index (χ4n) is 2.62. The molecule has 1 fully saturated rings. The summed E-state index contributed by atoms with van der Waals surface area (Å²) in [6.45, 7) is 3.74. The van der Waals surface area contributed by atoms with Crippen LogP contribution in [0.25, 0.3) is 6.08 Å². The van der Waals surface area contributed by atoms with Crippen molar-refractivity contribution in [3.8, 4) is 5.75 Å². The number of hydrogen-bond acceptors (Lipinski definition) is 5. The minimum Gasteiger partial charge on any atom is -0.487 e. The predicted octanol–water partition coefficient (Wildman–Crippen LogP) is 3.34. The van der Waals surface area contributed by atoms with Gasteiger partial charge in [0.15, 0.2) is 0 Å². The van der Waals surface area contributed by atoms with Gasteiger partial charge in [-0.25, -0.2) is 4.98 Å². The molecule has 1 amide bonds. The Morgan fingerprint density at radius 1 is 1.48 bits per heavy atom. The number of hydrogen-bond donors (Lipinski definition) is 1. The summed E-state index contributed by atoms with van der Waals surface area (Å²) < 4.78 is 11.3. The van der Waals surface area contributed by atoms with E-state index in [9.17, 15) is 4.79 Å². The van der Waals surface area contributed by atoms with Crippen LogP contribution in [0.3, 0.4) is 0 Å². The lowest BCUT2D eigenvalue weighted by molar-refractivity contribution is -0.116. The van der Waals surface area contributed by atoms with Crippen LogP contribution < -0.4 is 10.1 Å². The highest BCUT2D eigenvalue weighted by Gasteiger charge is 2.15. The van der Waals surface area contributed by atoms with E-state index in [1.807, 2.05) is 36.6 Å². The maximum absolute atomic E-state index is 12.0. The lowest BCUT2D eigenvalue weighted by Gasteiger charge is -2.09. The van der Waals surface area contributed by atoms with Gasteiger partial charge in [-0.1, -0.05) is 18.2 Å². The average molecular weight is 358 g/mol. The second-order valence-electron chi connectivity index (χ2n) is 5.90. The van der Waals surface area contributed by atoms with Crippen LogP contribution in [0, 0.1) is 6.92 Å². The van der Waals surface area contributed by atoms with Crippen molar-refractivity contribution in [1.82, 2.24) is 10.3 Å². The number of para-hydroxylation sites is 1. The summed E-state index contributed by atoms with van der Waals surface area (Å²) in [6, 6.07) is 7.65. The number of amides is 1. The van der Waals surface area contributed by atoms with E-state index in [0.717, 1.165) is 41.5 Å². The van der Waals surface area contributed by atoms with E-state index < -0.39 is 0 Å². The highest BCUT2D eigenvalue weighted by atomic mass is 32.1. The first-order valence-electron chi connectivity index (χ1n) is 8.41. The van der Waals surface area contributed by atoms with Crippen molar-refractivity contribution in [3.05, 3.63) is 52.0 Å². The van der Waals surface area contributed by atoms with E-state index in [-0.39, 0.29) is 12.0 Å². The Hall–Kier alpha value is -2.18. The number of aryl methyl sites for hydroxylation is 1. The Bertz CT molecular complexity index is 736. The van der Waals surface area contributed by atoms with E-state index in [1.54, 1.807) is 17.4 Å². The van der Waals surface area contributed by atoms with Crippen LogP contribution in [0.4, 0.5) is 0 Å². The number of nitrogens with zero attached hydrogens (tertiary/aromatic N) is 1. The third-order valence-electron chi connectivity index (χ3n) is 3.90. The van der Waals surface area contributed by atoms with Gasteiger partial charge >= 0.3 is 0 Å². The zero-order valence-corrected chi connectivity index (χ0v) is 15.1. The van der Waals surface area contributed by atoms with Crippen LogP contribution in [0.1, 0.15) is 29.1 Å². The molecule has 0 radical (unpaired) electrons. The summed E-state index contributed by atoms with van der Waals surface area (Å²) in [5.74, 6) is 0.608. The molecule has 0 bridgehead atoms. The lowest BCUT2D eigenvalue weighted by Crippen LogP contribution is -2.30. The Kier molecular flexibility index (Phi) is 6.19. The molecule has 1 atom stereocenters. The quantitative estimate of drug-likeness (QED) is 0.771. The molecule has 1 aliphatic heterocycles. The minimum atomic E-state index is -0.125. The number of rotatable bonds is 7. The number of nitrogens with one attached hydrogen (secondary N) is 1. The summed E-state index contributed by atoms with van der Waals surface area (Å²) in [5.41, 5.74) is 1.78. The van der Waals surface area contributed by atoms with E-state index in [0.29, 0.717) is 13.2 Å². The number of benzene rings is 1. The van der Waals surface area contributed by atoms with E-state index in [2.05, 4.69) is 10.3 Å². The monoisotopic (exact) mass is 358 g/mol. The Balaban J connectivity index is 1.54. The number of thiazole rings is 1. The van der Waals surface area contributed by atoms with Crippen molar-refractivity contribution in [1.29, 1.82) is 0 Å². The molecule has 1 aromatic carbocycles. The number of carbonyl (C=O) groups excluding carboxylic acids is 1. The summed E-state index contributed by atoms with van der Waals surface area (Å²) >= 11 is 1.61. The molecule has 1 unspecified atom stereocenters. The Labute approximate surface area is 151 Å². The topological polar surface area (TPSA) is 60.5 Å². The fourth-order valence-corrected chi connectivity index (χ4v) is 3.22. The molecule has 5 nitrogen and oxygen atoms in total. The zero-order chi connectivity index (χ0) is 17.5. The third-order valence-corrected chi connectivity index (χ3v) is 4.73. The average Bonchev–Trinajstić information content (AvgIpc) is 3.28. The highest BCUT2D eigenvalue weighted by Crippen LogP contribution is 2.21. The molecule has 1 aliphatic rings. The van der Waals surface area contributed by atoms with Crippen LogP contribution in [0.15, 0.2) is 35.7 Å². The fraction of sp³-hybridized carbons (Fsp3) is 0.368. The summed E-state index contributed by atoms with van der Waals surface area (Å²) in [7, 11) is 0. The molecule has 3 rings (SSSR count). The van der Waals surface area contributed by atoms with Gasteiger partial charge in [-0.2, -0.15) is 0 Å². The van der Waals surface area contributed by atoms with Crippen LogP contribution in [0.5, 0.6) is 5.75 Å².